The standard InChI is InChI=1S/C29H29N7O/c1-18-9-23(19-5-4-8-36(3)15-19)21(13-30)12-26(18)35-28-32-7-6-25(34-28)20-10-22(14-31)27-24(11-20)29(2,17-37)16-33-27/h4-7,9-12,19,33,37H,8,15-17H2,1-3H3,(H,32,34,35)/t19?,29-/m1/s1. The fraction of sp³-hybridized carbons (Fsp3) is 0.310. The van der Waals surface area contributed by atoms with Gasteiger partial charge in [0.2, 0.25) is 5.95 Å². The number of nitriles is 2. The maximum absolute atomic E-state index is 10.0. The first-order valence-electron chi connectivity index (χ1n) is 12.3. The molecule has 5 rings (SSSR count). The maximum atomic E-state index is 10.0. The number of aliphatic hydroxyl groups is 1. The number of nitrogens with zero attached hydrogens (tertiary/aromatic N) is 5. The Labute approximate surface area is 216 Å². The number of likely N-dealkylation sites (N-methyl/N-ethyl adjacent to an activating group) is 1. The van der Waals surface area contributed by atoms with Crippen molar-refractivity contribution in [1.29, 1.82) is 10.5 Å². The van der Waals surface area contributed by atoms with Crippen LogP contribution in [0.25, 0.3) is 11.3 Å². The normalized spacial score (nSPS) is 20.5. The minimum absolute atomic E-state index is 0.0265. The molecule has 2 aromatic carbocycles. The highest BCUT2D eigenvalue weighted by molar-refractivity contribution is 5.76. The van der Waals surface area contributed by atoms with Crippen molar-refractivity contribution in [2.45, 2.75) is 25.2 Å². The lowest BCUT2D eigenvalue weighted by Gasteiger charge is -2.26. The SMILES string of the molecule is Cc1cc(C2C=CCN(C)C2)c(C#N)cc1Nc1nccc(-c2cc(C#N)c3c(c2)[C@@](C)(CO)CN3)n1. The van der Waals surface area contributed by atoms with Gasteiger partial charge in [0.1, 0.15) is 6.07 Å². The van der Waals surface area contributed by atoms with Gasteiger partial charge in [-0.25, -0.2) is 9.97 Å². The van der Waals surface area contributed by atoms with Crippen molar-refractivity contribution in [3.05, 3.63) is 76.5 Å². The molecule has 0 aliphatic carbocycles. The lowest BCUT2D eigenvalue weighted by molar-refractivity contribution is 0.219. The van der Waals surface area contributed by atoms with Gasteiger partial charge >= 0.3 is 0 Å². The van der Waals surface area contributed by atoms with E-state index in [9.17, 15) is 15.6 Å². The molecule has 37 heavy (non-hydrogen) atoms. The molecule has 1 aromatic heterocycles. The summed E-state index contributed by atoms with van der Waals surface area (Å²) in [6.07, 6.45) is 6.00. The van der Waals surface area contributed by atoms with Crippen LogP contribution in [0, 0.1) is 29.6 Å². The van der Waals surface area contributed by atoms with Crippen LogP contribution in [-0.4, -0.2) is 53.3 Å². The van der Waals surface area contributed by atoms with E-state index in [-0.39, 0.29) is 12.5 Å². The Morgan fingerprint density at radius 1 is 1.22 bits per heavy atom. The Balaban J connectivity index is 1.48. The third-order valence-electron chi connectivity index (χ3n) is 7.32. The van der Waals surface area contributed by atoms with Gasteiger partial charge in [0.15, 0.2) is 0 Å². The molecule has 0 saturated heterocycles. The highest BCUT2D eigenvalue weighted by Gasteiger charge is 2.36. The lowest BCUT2D eigenvalue weighted by Crippen LogP contribution is -2.28. The van der Waals surface area contributed by atoms with E-state index in [1.807, 2.05) is 32.0 Å². The molecule has 8 nitrogen and oxygen atoms in total. The van der Waals surface area contributed by atoms with Gasteiger partial charge in [0.05, 0.1) is 35.2 Å². The van der Waals surface area contributed by atoms with Crippen molar-refractivity contribution in [1.82, 2.24) is 14.9 Å². The molecule has 0 bridgehead atoms. The molecule has 3 aromatic rings. The second kappa shape index (κ2) is 9.67. The van der Waals surface area contributed by atoms with E-state index in [1.54, 1.807) is 12.3 Å². The van der Waals surface area contributed by atoms with Gasteiger partial charge < -0.3 is 20.6 Å². The molecule has 3 N–H and O–H groups in total. The molecule has 2 aliphatic rings. The first kappa shape index (κ1) is 24.5. The first-order valence-corrected chi connectivity index (χ1v) is 12.3. The Hall–Kier alpha value is -4.24. The lowest BCUT2D eigenvalue weighted by atomic mass is 9.83. The van der Waals surface area contributed by atoms with Crippen LogP contribution in [-0.2, 0) is 5.41 Å². The summed E-state index contributed by atoms with van der Waals surface area (Å²) < 4.78 is 0. The second-order valence-electron chi connectivity index (χ2n) is 10.1. The molecule has 0 spiro atoms. The van der Waals surface area contributed by atoms with Crippen molar-refractivity contribution in [2.75, 3.05) is 43.9 Å². The minimum Gasteiger partial charge on any atom is -0.395 e. The molecule has 0 amide bonds. The van der Waals surface area contributed by atoms with E-state index >= 15 is 0 Å². The van der Waals surface area contributed by atoms with Crippen LogP contribution in [0.15, 0.2) is 48.7 Å². The van der Waals surface area contributed by atoms with Gasteiger partial charge in [0, 0.05) is 48.4 Å². The third kappa shape index (κ3) is 4.53. The average Bonchev–Trinajstić information content (AvgIpc) is 3.26. The smallest absolute Gasteiger partial charge is 0.227 e. The van der Waals surface area contributed by atoms with Crippen molar-refractivity contribution >= 4 is 17.3 Å². The van der Waals surface area contributed by atoms with Gasteiger partial charge in [-0.1, -0.05) is 25.1 Å². The first-order chi connectivity index (χ1) is 17.8. The predicted octanol–water partition coefficient (Wildman–Crippen LogP) is 4.20. The highest BCUT2D eigenvalue weighted by Crippen LogP contribution is 2.41. The topological polar surface area (TPSA) is 121 Å². The zero-order valence-electron chi connectivity index (χ0n) is 21.2. The van der Waals surface area contributed by atoms with Crippen LogP contribution >= 0.6 is 0 Å². The molecular weight excluding hydrogens is 462 g/mol. The van der Waals surface area contributed by atoms with Crippen LogP contribution in [0.4, 0.5) is 17.3 Å². The molecule has 0 saturated carbocycles. The summed E-state index contributed by atoms with van der Waals surface area (Å²) in [5.74, 6) is 0.575. The van der Waals surface area contributed by atoms with Crippen molar-refractivity contribution in [3.8, 4) is 23.4 Å². The number of anilines is 3. The molecule has 8 heteroatoms. The fourth-order valence-corrected chi connectivity index (χ4v) is 5.11. The van der Waals surface area contributed by atoms with E-state index in [0.29, 0.717) is 29.3 Å². The van der Waals surface area contributed by atoms with Gasteiger partial charge in [-0.2, -0.15) is 10.5 Å². The van der Waals surface area contributed by atoms with Crippen LogP contribution in [0.5, 0.6) is 0 Å². The third-order valence-corrected chi connectivity index (χ3v) is 7.32. The van der Waals surface area contributed by atoms with Crippen LogP contribution in [0.3, 0.4) is 0 Å². The number of hydrogen-bond donors (Lipinski definition) is 3. The molecule has 0 radical (unpaired) electrons. The molecule has 1 unspecified atom stereocenters. The Morgan fingerprint density at radius 3 is 2.76 bits per heavy atom. The van der Waals surface area contributed by atoms with E-state index in [2.05, 4.69) is 57.9 Å². The van der Waals surface area contributed by atoms with Crippen LogP contribution < -0.4 is 10.6 Å². The van der Waals surface area contributed by atoms with Crippen molar-refractivity contribution < 1.29 is 5.11 Å². The number of benzene rings is 2. The summed E-state index contributed by atoms with van der Waals surface area (Å²) in [7, 11) is 2.08. The van der Waals surface area contributed by atoms with Crippen LogP contribution in [0.1, 0.15) is 40.7 Å². The second-order valence-corrected chi connectivity index (χ2v) is 10.1. The van der Waals surface area contributed by atoms with Gasteiger partial charge in [0.25, 0.3) is 0 Å². The average molecular weight is 492 g/mol. The summed E-state index contributed by atoms with van der Waals surface area (Å²) in [6.45, 7) is 6.32. The summed E-state index contributed by atoms with van der Waals surface area (Å²) in [5.41, 5.74) is 6.58. The Morgan fingerprint density at radius 2 is 2.03 bits per heavy atom. The van der Waals surface area contributed by atoms with Crippen molar-refractivity contribution in [2.24, 2.45) is 0 Å². The largest absolute Gasteiger partial charge is 0.395 e. The van der Waals surface area contributed by atoms with E-state index in [4.69, 9.17) is 4.98 Å². The molecule has 2 atom stereocenters. The number of nitrogens with one attached hydrogen (secondary N) is 2. The highest BCUT2D eigenvalue weighted by atomic mass is 16.3. The number of aliphatic hydroxyl groups excluding tert-OH is 1. The number of fused-ring (bicyclic) bond motifs is 1. The number of rotatable bonds is 5. The van der Waals surface area contributed by atoms with Gasteiger partial charge in [-0.05, 0) is 54.9 Å². The number of hydrogen-bond acceptors (Lipinski definition) is 8. The Kier molecular flexibility index (Phi) is 6.39. The zero-order valence-corrected chi connectivity index (χ0v) is 21.2. The van der Waals surface area contributed by atoms with Crippen molar-refractivity contribution in [3.63, 3.8) is 0 Å². The van der Waals surface area contributed by atoms with Gasteiger partial charge in [-0.3, -0.25) is 0 Å². The minimum atomic E-state index is -0.472. The molecule has 186 valence electrons. The molecule has 0 fully saturated rings. The van der Waals surface area contributed by atoms with E-state index in [0.717, 1.165) is 46.7 Å². The Bertz CT molecular complexity index is 1480. The molecule has 2 aliphatic heterocycles. The van der Waals surface area contributed by atoms with E-state index < -0.39 is 5.41 Å². The monoisotopic (exact) mass is 491 g/mol. The number of aromatic nitrogens is 2. The summed E-state index contributed by atoms with van der Waals surface area (Å²) in [6, 6.07) is 14.2. The summed E-state index contributed by atoms with van der Waals surface area (Å²) >= 11 is 0. The molecule has 3 heterocycles. The van der Waals surface area contributed by atoms with E-state index in [1.165, 1.54) is 0 Å². The zero-order chi connectivity index (χ0) is 26.2. The maximum Gasteiger partial charge on any atom is 0.227 e. The fourth-order valence-electron chi connectivity index (χ4n) is 5.11. The number of aryl methyl sites for hydroxylation is 1. The summed E-state index contributed by atoms with van der Waals surface area (Å²) in [5, 5.41) is 36.2. The quantitative estimate of drug-likeness (QED) is 0.454. The predicted molar refractivity (Wildman–Crippen MR) is 144 cm³/mol. The van der Waals surface area contributed by atoms with Gasteiger partial charge in [-0.15, -0.1) is 0 Å². The van der Waals surface area contributed by atoms with Crippen LogP contribution in [0.2, 0.25) is 0 Å². The molecular formula is C29H29N7O. The summed E-state index contributed by atoms with van der Waals surface area (Å²) in [4.78, 5) is 11.4.